The smallest absolute Gasteiger partial charge is 0.0465 e. The summed E-state index contributed by atoms with van der Waals surface area (Å²) in [5.74, 6) is 0. The molecule has 1 unspecified atom stereocenters. The molecule has 0 bridgehead atoms. The molecule has 1 spiro atoms. The van der Waals surface area contributed by atoms with Crippen LogP contribution >= 0.6 is 23.2 Å². The van der Waals surface area contributed by atoms with E-state index < -0.39 is 0 Å². The van der Waals surface area contributed by atoms with Gasteiger partial charge in [0.05, 0.1) is 0 Å². The molecule has 2 fully saturated rings. The predicted molar refractivity (Wildman–Crippen MR) is 90.2 cm³/mol. The van der Waals surface area contributed by atoms with Crippen molar-refractivity contribution in [3.05, 3.63) is 33.8 Å². The Morgan fingerprint density at radius 1 is 1.24 bits per heavy atom. The molecule has 1 saturated carbocycles. The van der Waals surface area contributed by atoms with Gasteiger partial charge in [0.15, 0.2) is 0 Å². The van der Waals surface area contributed by atoms with Crippen molar-refractivity contribution in [3.63, 3.8) is 0 Å². The number of halogens is 2. The van der Waals surface area contributed by atoms with Gasteiger partial charge in [-0.3, -0.25) is 4.90 Å². The van der Waals surface area contributed by atoms with Crippen LogP contribution in [0.25, 0.3) is 0 Å². The highest BCUT2D eigenvalue weighted by Crippen LogP contribution is 2.39. The van der Waals surface area contributed by atoms with Gasteiger partial charge < -0.3 is 5.32 Å². The van der Waals surface area contributed by atoms with Gasteiger partial charge in [0.2, 0.25) is 0 Å². The molecule has 4 heteroatoms. The summed E-state index contributed by atoms with van der Waals surface area (Å²) < 4.78 is 0. The van der Waals surface area contributed by atoms with Gasteiger partial charge >= 0.3 is 0 Å². The molecule has 1 aliphatic heterocycles. The fraction of sp³-hybridized carbons (Fsp3) is 0.647. The van der Waals surface area contributed by atoms with Crippen molar-refractivity contribution in [2.24, 2.45) is 0 Å². The van der Waals surface area contributed by atoms with Crippen LogP contribution in [0, 0.1) is 0 Å². The predicted octanol–water partition coefficient (Wildman–Crippen LogP) is 4.49. The van der Waals surface area contributed by atoms with Crippen LogP contribution < -0.4 is 5.32 Å². The normalized spacial score (nSPS) is 25.6. The van der Waals surface area contributed by atoms with Crippen LogP contribution in [-0.2, 0) is 6.54 Å². The maximum Gasteiger partial charge on any atom is 0.0465 e. The van der Waals surface area contributed by atoms with Gasteiger partial charge in [-0.1, -0.05) is 49.0 Å². The van der Waals surface area contributed by atoms with Crippen LogP contribution in [-0.4, -0.2) is 29.6 Å². The van der Waals surface area contributed by atoms with Gasteiger partial charge in [0.1, 0.15) is 0 Å². The van der Waals surface area contributed by atoms with Crippen molar-refractivity contribution < 1.29 is 0 Å². The second kappa shape index (κ2) is 6.45. The second-order valence-corrected chi connectivity index (χ2v) is 7.31. The van der Waals surface area contributed by atoms with E-state index in [2.05, 4.69) is 17.1 Å². The third kappa shape index (κ3) is 3.10. The minimum absolute atomic E-state index is 0.314. The molecular weight excluding hydrogens is 303 g/mol. The standard InChI is InChI=1S/C17H24Cl2N2/c1-2-13-10-21(17(12-20-13)8-3-4-9-17)11-14-15(18)6-5-7-16(14)19/h5-7,13,20H,2-4,8-12H2,1H3. The van der Waals surface area contributed by atoms with Crippen LogP contribution in [0.1, 0.15) is 44.6 Å². The second-order valence-electron chi connectivity index (χ2n) is 6.50. The maximum atomic E-state index is 6.39. The molecule has 2 nitrogen and oxygen atoms in total. The summed E-state index contributed by atoms with van der Waals surface area (Å²) in [6.07, 6.45) is 6.43. The molecule has 0 aromatic heterocycles. The average molecular weight is 327 g/mol. The summed E-state index contributed by atoms with van der Waals surface area (Å²) in [5, 5.41) is 5.33. The van der Waals surface area contributed by atoms with E-state index in [0.29, 0.717) is 11.6 Å². The average Bonchev–Trinajstić information content (AvgIpc) is 2.94. The molecule has 0 radical (unpaired) electrons. The molecule has 1 saturated heterocycles. The van der Waals surface area contributed by atoms with Crippen molar-refractivity contribution in [1.82, 2.24) is 10.2 Å². The van der Waals surface area contributed by atoms with Gasteiger partial charge in [0, 0.05) is 46.8 Å². The summed E-state index contributed by atoms with van der Waals surface area (Å²) in [4.78, 5) is 2.65. The highest BCUT2D eigenvalue weighted by atomic mass is 35.5. The lowest BCUT2D eigenvalue weighted by Crippen LogP contribution is -2.63. The van der Waals surface area contributed by atoms with Crippen molar-refractivity contribution >= 4 is 23.2 Å². The lowest BCUT2D eigenvalue weighted by Gasteiger charge is -2.48. The van der Waals surface area contributed by atoms with E-state index in [1.807, 2.05) is 18.2 Å². The minimum Gasteiger partial charge on any atom is -0.311 e. The maximum absolute atomic E-state index is 6.39. The van der Waals surface area contributed by atoms with Crippen LogP contribution in [0.5, 0.6) is 0 Å². The van der Waals surface area contributed by atoms with E-state index in [0.717, 1.165) is 35.2 Å². The van der Waals surface area contributed by atoms with Crippen LogP contribution in [0.3, 0.4) is 0 Å². The van der Waals surface area contributed by atoms with Crippen molar-refractivity contribution in [3.8, 4) is 0 Å². The number of rotatable bonds is 3. The molecule has 1 atom stereocenters. The first-order valence-electron chi connectivity index (χ1n) is 8.06. The Hall–Kier alpha value is -0.280. The van der Waals surface area contributed by atoms with Crippen LogP contribution in [0.2, 0.25) is 10.0 Å². The monoisotopic (exact) mass is 326 g/mol. The number of hydrogen-bond donors (Lipinski definition) is 1. The molecule has 0 amide bonds. The zero-order chi connectivity index (χ0) is 14.9. The molecule has 116 valence electrons. The zero-order valence-electron chi connectivity index (χ0n) is 12.7. The first-order chi connectivity index (χ1) is 10.1. The molecule has 2 aliphatic rings. The molecule has 1 heterocycles. The van der Waals surface area contributed by atoms with Crippen LogP contribution in [0.4, 0.5) is 0 Å². The molecule has 1 N–H and O–H groups in total. The Kier molecular flexibility index (Phi) is 4.80. The molecule has 1 aromatic carbocycles. The first-order valence-corrected chi connectivity index (χ1v) is 8.81. The summed E-state index contributed by atoms with van der Waals surface area (Å²) in [5.41, 5.74) is 1.40. The third-order valence-electron chi connectivity index (χ3n) is 5.27. The molecule has 1 aromatic rings. The first kappa shape index (κ1) is 15.6. The van der Waals surface area contributed by atoms with Gasteiger partial charge in [-0.25, -0.2) is 0 Å². The van der Waals surface area contributed by atoms with Gasteiger partial charge in [-0.2, -0.15) is 0 Å². The number of benzene rings is 1. The topological polar surface area (TPSA) is 15.3 Å². The zero-order valence-corrected chi connectivity index (χ0v) is 14.2. The van der Waals surface area contributed by atoms with Crippen molar-refractivity contribution in [2.45, 2.75) is 57.2 Å². The number of nitrogens with zero attached hydrogens (tertiary/aromatic N) is 1. The van der Waals surface area contributed by atoms with Crippen LogP contribution in [0.15, 0.2) is 18.2 Å². The fourth-order valence-electron chi connectivity index (χ4n) is 3.88. The molecule has 3 rings (SSSR count). The lowest BCUT2D eigenvalue weighted by molar-refractivity contribution is 0.0350. The quantitative estimate of drug-likeness (QED) is 0.880. The summed E-state index contributed by atoms with van der Waals surface area (Å²) >= 11 is 12.8. The lowest BCUT2D eigenvalue weighted by atomic mass is 9.90. The Balaban J connectivity index is 1.85. The number of piperazine rings is 1. The van der Waals surface area contributed by atoms with E-state index in [1.165, 1.54) is 32.1 Å². The number of hydrogen-bond acceptors (Lipinski definition) is 2. The highest BCUT2D eigenvalue weighted by molar-refractivity contribution is 6.35. The third-order valence-corrected chi connectivity index (χ3v) is 5.98. The van der Waals surface area contributed by atoms with E-state index in [4.69, 9.17) is 23.2 Å². The Morgan fingerprint density at radius 2 is 1.90 bits per heavy atom. The molecular formula is C17H24Cl2N2. The van der Waals surface area contributed by atoms with E-state index in [1.54, 1.807) is 0 Å². The fourth-order valence-corrected chi connectivity index (χ4v) is 4.39. The Labute approximate surface area is 137 Å². The Morgan fingerprint density at radius 3 is 2.52 bits per heavy atom. The highest BCUT2D eigenvalue weighted by Gasteiger charge is 2.43. The largest absolute Gasteiger partial charge is 0.311 e. The van der Waals surface area contributed by atoms with Gasteiger partial charge in [0.25, 0.3) is 0 Å². The summed E-state index contributed by atoms with van der Waals surface area (Å²) in [6.45, 7) is 5.33. The Bertz CT molecular complexity index is 477. The molecule has 21 heavy (non-hydrogen) atoms. The minimum atomic E-state index is 0.314. The van der Waals surface area contributed by atoms with Gasteiger partial charge in [-0.05, 0) is 31.4 Å². The summed E-state index contributed by atoms with van der Waals surface area (Å²) in [7, 11) is 0. The van der Waals surface area contributed by atoms with E-state index in [-0.39, 0.29) is 0 Å². The van der Waals surface area contributed by atoms with E-state index in [9.17, 15) is 0 Å². The number of nitrogens with one attached hydrogen (secondary N) is 1. The van der Waals surface area contributed by atoms with Crippen molar-refractivity contribution in [2.75, 3.05) is 13.1 Å². The summed E-state index contributed by atoms with van der Waals surface area (Å²) in [6, 6.07) is 6.40. The van der Waals surface area contributed by atoms with Gasteiger partial charge in [-0.15, -0.1) is 0 Å². The van der Waals surface area contributed by atoms with E-state index >= 15 is 0 Å². The molecule has 1 aliphatic carbocycles. The SMILES string of the molecule is CCC1CN(Cc2c(Cl)cccc2Cl)C2(CCCC2)CN1. The van der Waals surface area contributed by atoms with Crippen molar-refractivity contribution in [1.29, 1.82) is 0 Å².